The van der Waals surface area contributed by atoms with Gasteiger partial charge >= 0.3 is 5.97 Å². The smallest absolute Gasteiger partial charge is 0.310 e. The summed E-state index contributed by atoms with van der Waals surface area (Å²) < 4.78 is 0. The van der Waals surface area contributed by atoms with Crippen molar-refractivity contribution in [2.24, 2.45) is 0 Å². The van der Waals surface area contributed by atoms with Gasteiger partial charge < -0.3 is 10.0 Å². The molecule has 0 heterocycles. The average Bonchev–Trinajstić information content (AvgIpc) is 2.29. The van der Waals surface area contributed by atoms with E-state index < -0.39 is 11.9 Å². The predicted molar refractivity (Wildman–Crippen MR) is 65.1 cm³/mol. The highest BCUT2D eigenvalue weighted by Crippen LogP contribution is 2.20. The molecule has 0 aromatic heterocycles. The van der Waals surface area contributed by atoms with E-state index in [0.717, 1.165) is 5.56 Å². The van der Waals surface area contributed by atoms with E-state index in [1.165, 1.54) is 4.90 Å². The van der Waals surface area contributed by atoms with Crippen molar-refractivity contribution in [3.8, 4) is 0 Å². The van der Waals surface area contributed by atoms with Gasteiger partial charge in [-0.15, -0.1) is 0 Å². The number of benzene rings is 1. The lowest BCUT2D eigenvalue weighted by Crippen LogP contribution is -2.21. The Balaban J connectivity index is 2.95. The zero-order valence-corrected chi connectivity index (χ0v) is 10.3. The number of carboxylic acid groups (broad SMARTS) is 1. The number of hydrogen-bond donors (Lipinski definition) is 1. The van der Waals surface area contributed by atoms with Crippen LogP contribution in [-0.4, -0.2) is 36.0 Å². The maximum atomic E-state index is 11.6. The molecule has 92 valence electrons. The summed E-state index contributed by atoms with van der Waals surface area (Å²) in [5.41, 5.74) is 1.30. The van der Waals surface area contributed by atoms with E-state index in [0.29, 0.717) is 12.0 Å². The molecule has 1 aromatic rings. The van der Waals surface area contributed by atoms with Gasteiger partial charge in [0.2, 0.25) is 0 Å². The molecule has 1 N–H and O–H groups in total. The number of carbonyl (C=O) groups excluding carboxylic acids is 1. The lowest BCUT2D eigenvalue weighted by Gasteiger charge is -2.13. The van der Waals surface area contributed by atoms with Crippen molar-refractivity contribution < 1.29 is 14.7 Å². The fourth-order valence-electron chi connectivity index (χ4n) is 1.67. The van der Waals surface area contributed by atoms with E-state index in [4.69, 9.17) is 5.11 Å². The molecule has 0 aliphatic heterocycles. The Morgan fingerprint density at radius 1 is 1.24 bits per heavy atom. The number of amides is 1. The van der Waals surface area contributed by atoms with Crippen LogP contribution in [0, 0.1) is 0 Å². The van der Waals surface area contributed by atoms with Crippen LogP contribution in [0.5, 0.6) is 0 Å². The first-order chi connectivity index (χ1) is 7.97. The Morgan fingerprint density at radius 2 is 1.76 bits per heavy atom. The predicted octanol–water partition coefficient (Wildman–Crippen LogP) is 1.97. The normalized spacial score (nSPS) is 11.9. The van der Waals surface area contributed by atoms with Crippen molar-refractivity contribution in [1.29, 1.82) is 0 Å². The summed E-state index contributed by atoms with van der Waals surface area (Å²) in [5.74, 6) is -1.42. The van der Waals surface area contributed by atoms with E-state index in [2.05, 4.69) is 0 Å². The van der Waals surface area contributed by atoms with E-state index >= 15 is 0 Å². The van der Waals surface area contributed by atoms with Crippen molar-refractivity contribution in [2.45, 2.75) is 19.3 Å². The second kappa shape index (κ2) is 5.48. The third kappa shape index (κ3) is 3.06. The van der Waals surface area contributed by atoms with Gasteiger partial charge in [-0.3, -0.25) is 9.59 Å². The average molecular weight is 235 g/mol. The minimum atomic E-state index is -0.834. The Hall–Kier alpha value is -1.84. The standard InChI is InChI=1S/C13H17NO3/c1-4-11(13(16)17)9-5-7-10(8-6-9)12(15)14(2)3/h5-8,11H,4H2,1-3H3,(H,16,17). The molecule has 17 heavy (non-hydrogen) atoms. The lowest BCUT2D eigenvalue weighted by molar-refractivity contribution is -0.138. The molecule has 1 aromatic carbocycles. The third-order valence-electron chi connectivity index (χ3n) is 2.67. The second-order valence-electron chi connectivity index (χ2n) is 4.12. The zero-order valence-electron chi connectivity index (χ0n) is 10.3. The van der Waals surface area contributed by atoms with Crippen molar-refractivity contribution in [3.63, 3.8) is 0 Å². The summed E-state index contributed by atoms with van der Waals surface area (Å²) >= 11 is 0. The summed E-state index contributed by atoms with van der Waals surface area (Å²) in [6, 6.07) is 6.75. The maximum Gasteiger partial charge on any atom is 0.310 e. The maximum absolute atomic E-state index is 11.6. The summed E-state index contributed by atoms with van der Waals surface area (Å²) in [5, 5.41) is 9.02. The molecule has 0 saturated carbocycles. The van der Waals surface area contributed by atoms with E-state index in [9.17, 15) is 9.59 Å². The van der Waals surface area contributed by atoms with Crippen LogP contribution in [-0.2, 0) is 4.79 Å². The van der Waals surface area contributed by atoms with E-state index in [1.54, 1.807) is 38.4 Å². The molecular formula is C13H17NO3. The molecule has 1 amide bonds. The minimum absolute atomic E-state index is 0.0834. The van der Waals surface area contributed by atoms with Gasteiger partial charge in [-0.25, -0.2) is 0 Å². The molecule has 1 atom stereocenters. The van der Waals surface area contributed by atoms with Gasteiger partial charge in [0.15, 0.2) is 0 Å². The number of hydrogen-bond acceptors (Lipinski definition) is 2. The first kappa shape index (κ1) is 13.2. The summed E-state index contributed by atoms with van der Waals surface area (Å²) in [4.78, 5) is 24.1. The minimum Gasteiger partial charge on any atom is -0.481 e. The number of carbonyl (C=O) groups is 2. The van der Waals surface area contributed by atoms with Gasteiger partial charge in [-0.05, 0) is 24.1 Å². The van der Waals surface area contributed by atoms with Crippen LogP contribution in [0.1, 0.15) is 35.2 Å². The van der Waals surface area contributed by atoms with Crippen LogP contribution in [0.4, 0.5) is 0 Å². The van der Waals surface area contributed by atoms with Crippen LogP contribution in [0.15, 0.2) is 24.3 Å². The summed E-state index contributed by atoms with van der Waals surface area (Å²) in [7, 11) is 3.37. The Bertz CT molecular complexity index is 409. The van der Waals surface area contributed by atoms with Crippen LogP contribution in [0.25, 0.3) is 0 Å². The first-order valence-electron chi connectivity index (χ1n) is 5.51. The number of carboxylic acids is 1. The quantitative estimate of drug-likeness (QED) is 0.868. The molecule has 0 fully saturated rings. The summed E-state index contributed by atoms with van der Waals surface area (Å²) in [6.07, 6.45) is 0.538. The highest BCUT2D eigenvalue weighted by Gasteiger charge is 2.17. The number of nitrogens with zero attached hydrogens (tertiary/aromatic N) is 1. The fourth-order valence-corrected chi connectivity index (χ4v) is 1.67. The molecule has 0 radical (unpaired) electrons. The molecule has 0 bridgehead atoms. The first-order valence-corrected chi connectivity index (χ1v) is 5.51. The molecule has 4 nitrogen and oxygen atoms in total. The van der Waals surface area contributed by atoms with Gasteiger partial charge in [0.1, 0.15) is 0 Å². The highest BCUT2D eigenvalue weighted by molar-refractivity contribution is 5.94. The molecule has 4 heteroatoms. The molecular weight excluding hydrogens is 218 g/mol. The molecule has 0 saturated heterocycles. The second-order valence-corrected chi connectivity index (χ2v) is 4.12. The van der Waals surface area contributed by atoms with Crippen LogP contribution >= 0.6 is 0 Å². The summed E-state index contributed by atoms with van der Waals surface area (Å²) in [6.45, 7) is 1.83. The van der Waals surface area contributed by atoms with E-state index in [1.807, 2.05) is 6.92 Å². The molecule has 0 aliphatic rings. The Labute approximate surface area is 101 Å². The van der Waals surface area contributed by atoms with Crippen LogP contribution in [0.3, 0.4) is 0 Å². The fraction of sp³-hybridized carbons (Fsp3) is 0.385. The Kier molecular flexibility index (Phi) is 4.26. The number of aliphatic carboxylic acids is 1. The van der Waals surface area contributed by atoms with Crippen molar-refractivity contribution in [2.75, 3.05) is 14.1 Å². The molecule has 0 spiro atoms. The van der Waals surface area contributed by atoms with Crippen molar-refractivity contribution in [3.05, 3.63) is 35.4 Å². The molecule has 1 unspecified atom stereocenters. The lowest BCUT2D eigenvalue weighted by atomic mass is 9.95. The van der Waals surface area contributed by atoms with Gasteiger partial charge in [0.25, 0.3) is 5.91 Å². The van der Waals surface area contributed by atoms with Gasteiger partial charge in [-0.2, -0.15) is 0 Å². The Morgan fingerprint density at radius 3 is 2.12 bits per heavy atom. The van der Waals surface area contributed by atoms with Crippen LogP contribution < -0.4 is 0 Å². The monoisotopic (exact) mass is 235 g/mol. The van der Waals surface area contributed by atoms with Gasteiger partial charge in [0, 0.05) is 19.7 Å². The molecule has 1 rings (SSSR count). The third-order valence-corrected chi connectivity index (χ3v) is 2.67. The highest BCUT2D eigenvalue weighted by atomic mass is 16.4. The molecule has 0 aliphatic carbocycles. The van der Waals surface area contributed by atoms with E-state index in [-0.39, 0.29) is 5.91 Å². The van der Waals surface area contributed by atoms with Crippen molar-refractivity contribution >= 4 is 11.9 Å². The topological polar surface area (TPSA) is 57.6 Å². The largest absolute Gasteiger partial charge is 0.481 e. The zero-order chi connectivity index (χ0) is 13.0. The van der Waals surface area contributed by atoms with Gasteiger partial charge in [0.05, 0.1) is 5.92 Å². The van der Waals surface area contributed by atoms with Crippen LogP contribution in [0.2, 0.25) is 0 Å². The van der Waals surface area contributed by atoms with Crippen molar-refractivity contribution in [1.82, 2.24) is 4.90 Å². The SMILES string of the molecule is CCC(C(=O)O)c1ccc(C(=O)N(C)C)cc1. The van der Waals surface area contributed by atoms with Gasteiger partial charge in [-0.1, -0.05) is 19.1 Å². The number of rotatable bonds is 4.